The number of aromatic nitrogens is 5. The molecule has 13 heteroatoms. The van der Waals surface area contributed by atoms with Crippen molar-refractivity contribution in [2.45, 2.75) is 5.03 Å². The Labute approximate surface area is 197 Å². The third-order valence-electron chi connectivity index (χ3n) is 5.07. The highest BCUT2D eigenvalue weighted by atomic mass is 35.5. The summed E-state index contributed by atoms with van der Waals surface area (Å²) in [6, 6.07) is 7.42. The predicted octanol–water partition coefficient (Wildman–Crippen LogP) is 3.69. The standard InChI is InChI=1S/C20H17ClFN7O2S2/c21-12-2-1-3-13(22)17(12)19-26-14-4-5-23-20(18(14)28-19)27-15-10-16(25-11-24-15)33(30,31)29-6-8-32-9-7-29/h1-5,10-11H,6-9H2,(H,26,28)(H,23,24,25,27). The van der Waals surface area contributed by atoms with Crippen LogP contribution in [0.4, 0.5) is 16.0 Å². The molecule has 0 atom stereocenters. The van der Waals surface area contributed by atoms with Crippen molar-refractivity contribution in [2.75, 3.05) is 29.9 Å². The van der Waals surface area contributed by atoms with Crippen molar-refractivity contribution < 1.29 is 12.8 Å². The molecule has 3 aromatic heterocycles. The summed E-state index contributed by atoms with van der Waals surface area (Å²) in [5, 5.41) is 3.13. The van der Waals surface area contributed by atoms with E-state index in [-0.39, 0.29) is 27.3 Å². The first kappa shape index (κ1) is 22.0. The van der Waals surface area contributed by atoms with Crippen LogP contribution >= 0.6 is 23.4 Å². The number of nitrogens with zero attached hydrogens (tertiary/aromatic N) is 5. The van der Waals surface area contributed by atoms with Crippen LogP contribution in [-0.2, 0) is 10.0 Å². The molecular weight excluding hydrogens is 489 g/mol. The van der Waals surface area contributed by atoms with Crippen LogP contribution in [0.2, 0.25) is 5.02 Å². The van der Waals surface area contributed by atoms with Gasteiger partial charge in [-0.05, 0) is 18.2 Å². The minimum Gasteiger partial charge on any atom is -0.335 e. The number of H-pyrrole nitrogens is 1. The number of hydrogen-bond donors (Lipinski definition) is 2. The van der Waals surface area contributed by atoms with Crippen LogP contribution in [0.3, 0.4) is 0 Å². The van der Waals surface area contributed by atoms with E-state index in [1.807, 2.05) is 0 Å². The number of anilines is 2. The number of halogens is 2. The number of hydrogen-bond acceptors (Lipinski definition) is 8. The Morgan fingerprint density at radius 1 is 1.15 bits per heavy atom. The SMILES string of the molecule is O=S(=O)(c1cc(Nc2nccc3nc(-c4c(F)cccc4Cl)[nH]c23)ncn1)N1CCSCC1. The van der Waals surface area contributed by atoms with Crippen molar-refractivity contribution in [3.63, 3.8) is 0 Å². The van der Waals surface area contributed by atoms with Gasteiger partial charge in [-0.25, -0.2) is 32.7 Å². The van der Waals surface area contributed by atoms with Gasteiger partial charge in [-0.15, -0.1) is 0 Å². The molecule has 5 rings (SSSR count). The van der Waals surface area contributed by atoms with Crippen molar-refractivity contribution in [1.29, 1.82) is 0 Å². The summed E-state index contributed by atoms with van der Waals surface area (Å²) in [5.41, 5.74) is 1.16. The zero-order valence-corrected chi connectivity index (χ0v) is 19.4. The Kier molecular flexibility index (Phi) is 5.91. The molecule has 2 N–H and O–H groups in total. The van der Waals surface area contributed by atoms with Gasteiger partial charge in [-0.2, -0.15) is 16.1 Å². The molecule has 9 nitrogen and oxygen atoms in total. The monoisotopic (exact) mass is 505 g/mol. The third-order valence-corrected chi connectivity index (χ3v) is 8.12. The number of rotatable bonds is 5. The lowest BCUT2D eigenvalue weighted by Crippen LogP contribution is -2.38. The molecule has 4 heterocycles. The number of benzene rings is 1. The molecule has 1 aliphatic rings. The summed E-state index contributed by atoms with van der Waals surface area (Å²) in [6.45, 7) is 0.881. The lowest BCUT2D eigenvalue weighted by molar-refractivity contribution is 0.441. The van der Waals surface area contributed by atoms with Crippen LogP contribution in [0, 0.1) is 5.82 Å². The minimum absolute atomic E-state index is 0.0949. The van der Waals surface area contributed by atoms with Gasteiger partial charge in [0.15, 0.2) is 10.8 Å². The Balaban J connectivity index is 1.49. The van der Waals surface area contributed by atoms with Gasteiger partial charge in [0.25, 0.3) is 10.0 Å². The molecule has 1 fully saturated rings. The molecule has 0 unspecified atom stereocenters. The molecule has 4 aromatic rings. The number of pyridine rings is 1. The van der Waals surface area contributed by atoms with Gasteiger partial charge in [0.1, 0.15) is 29.3 Å². The van der Waals surface area contributed by atoms with E-state index < -0.39 is 15.8 Å². The second kappa shape index (κ2) is 8.86. The van der Waals surface area contributed by atoms with Gasteiger partial charge in [0.05, 0.1) is 16.1 Å². The molecule has 0 spiro atoms. The van der Waals surface area contributed by atoms with Gasteiger partial charge in [0.2, 0.25) is 0 Å². The largest absolute Gasteiger partial charge is 0.335 e. The Hall–Kier alpha value is -2.80. The normalized spacial score (nSPS) is 15.1. The smallest absolute Gasteiger partial charge is 0.260 e. The molecule has 1 aromatic carbocycles. The Bertz CT molecular complexity index is 1420. The van der Waals surface area contributed by atoms with Crippen molar-refractivity contribution in [1.82, 2.24) is 29.2 Å². The highest BCUT2D eigenvalue weighted by molar-refractivity contribution is 7.99. The van der Waals surface area contributed by atoms with Crippen LogP contribution in [0.5, 0.6) is 0 Å². The van der Waals surface area contributed by atoms with Crippen molar-refractivity contribution in [3.05, 3.63) is 53.7 Å². The van der Waals surface area contributed by atoms with Gasteiger partial charge < -0.3 is 10.3 Å². The summed E-state index contributed by atoms with van der Waals surface area (Å²) in [4.78, 5) is 19.9. The quantitative estimate of drug-likeness (QED) is 0.394. The van der Waals surface area contributed by atoms with E-state index in [0.29, 0.717) is 29.9 Å². The van der Waals surface area contributed by atoms with Crippen LogP contribution in [0.15, 0.2) is 47.9 Å². The topological polar surface area (TPSA) is 117 Å². The van der Waals surface area contributed by atoms with E-state index in [1.165, 1.54) is 35.0 Å². The summed E-state index contributed by atoms with van der Waals surface area (Å²) in [5.74, 6) is 1.82. The first-order valence-corrected chi connectivity index (χ1v) is 12.9. The minimum atomic E-state index is -3.73. The molecule has 170 valence electrons. The molecule has 33 heavy (non-hydrogen) atoms. The number of aromatic amines is 1. The molecule has 0 aliphatic carbocycles. The van der Waals surface area contributed by atoms with Crippen molar-refractivity contribution in [2.24, 2.45) is 0 Å². The van der Waals surface area contributed by atoms with E-state index in [1.54, 1.807) is 23.9 Å². The van der Waals surface area contributed by atoms with Gasteiger partial charge in [0, 0.05) is 36.9 Å². The zero-order valence-electron chi connectivity index (χ0n) is 17.0. The molecule has 0 radical (unpaired) electrons. The number of imidazole rings is 1. The number of fused-ring (bicyclic) bond motifs is 1. The molecule has 0 amide bonds. The maximum atomic E-state index is 14.4. The summed E-state index contributed by atoms with van der Waals surface area (Å²) in [7, 11) is -3.73. The molecule has 0 bridgehead atoms. The van der Waals surface area contributed by atoms with E-state index in [0.717, 1.165) is 11.5 Å². The number of nitrogens with one attached hydrogen (secondary N) is 2. The summed E-state index contributed by atoms with van der Waals surface area (Å²) in [6.07, 6.45) is 2.72. The molecule has 1 saturated heterocycles. The van der Waals surface area contributed by atoms with Crippen LogP contribution < -0.4 is 5.32 Å². The average molecular weight is 506 g/mol. The second-order valence-electron chi connectivity index (χ2n) is 7.12. The predicted molar refractivity (Wildman–Crippen MR) is 126 cm³/mol. The fraction of sp³-hybridized carbons (Fsp3) is 0.200. The van der Waals surface area contributed by atoms with Crippen LogP contribution in [-0.4, -0.2) is 62.2 Å². The Morgan fingerprint density at radius 2 is 1.97 bits per heavy atom. The molecule has 0 saturated carbocycles. The Morgan fingerprint density at radius 3 is 2.76 bits per heavy atom. The van der Waals surface area contributed by atoms with Gasteiger partial charge in [-0.1, -0.05) is 17.7 Å². The maximum absolute atomic E-state index is 14.4. The summed E-state index contributed by atoms with van der Waals surface area (Å²) >= 11 is 7.89. The molecule has 1 aliphatic heterocycles. The average Bonchev–Trinajstić information content (AvgIpc) is 3.24. The van der Waals surface area contributed by atoms with Crippen LogP contribution in [0.1, 0.15) is 0 Å². The summed E-state index contributed by atoms with van der Waals surface area (Å²) < 4.78 is 41.7. The lowest BCUT2D eigenvalue weighted by atomic mass is 10.2. The molecular formula is C20H17ClFN7O2S2. The van der Waals surface area contributed by atoms with Gasteiger partial charge >= 0.3 is 0 Å². The van der Waals surface area contributed by atoms with Crippen molar-refractivity contribution >= 4 is 56.1 Å². The fourth-order valence-corrected chi connectivity index (χ4v) is 6.22. The fourth-order valence-electron chi connectivity index (χ4n) is 3.46. The van der Waals surface area contributed by atoms with E-state index in [4.69, 9.17) is 11.6 Å². The number of thioether (sulfide) groups is 1. The first-order chi connectivity index (χ1) is 15.9. The van der Waals surface area contributed by atoms with Crippen molar-refractivity contribution in [3.8, 4) is 11.4 Å². The first-order valence-electron chi connectivity index (χ1n) is 9.89. The van der Waals surface area contributed by atoms with E-state index in [2.05, 4.69) is 30.2 Å². The highest BCUT2D eigenvalue weighted by Crippen LogP contribution is 2.32. The van der Waals surface area contributed by atoms with E-state index in [9.17, 15) is 12.8 Å². The zero-order chi connectivity index (χ0) is 23.0. The number of sulfonamides is 1. The van der Waals surface area contributed by atoms with Gasteiger partial charge in [-0.3, -0.25) is 0 Å². The third kappa shape index (κ3) is 4.26. The second-order valence-corrected chi connectivity index (χ2v) is 10.6. The van der Waals surface area contributed by atoms with Crippen LogP contribution in [0.25, 0.3) is 22.4 Å². The maximum Gasteiger partial charge on any atom is 0.260 e. The highest BCUT2D eigenvalue weighted by Gasteiger charge is 2.28. The lowest BCUT2D eigenvalue weighted by Gasteiger charge is -2.25. The van der Waals surface area contributed by atoms with E-state index >= 15 is 0 Å².